The lowest BCUT2D eigenvalue weighted by atomic mass is 10.00. The first kappa shape index (κ1) is 58.6. The number of aliphatic carboxylic acids is 3. The number of carboxylic acid groups (broad SMARTS) is 3. The van der Waals surface area contributed by atoms with E-state index in [1.807, 2.05) is 38.1 Å². The van der Waals surface area contributed by atoms with Crippen molar-refractivity contribution in [3.8, 4) is 16.9 Å². The fraction of sp³-hybridized carbons (Fsp3) is 0.413. The number of phenols is 1. The number of carbonyl (C=O) groups excluding carboxylic acids is 2. The van der Waals surface area contributed by atoms with E-state index in [9.17, 15) is 57.4 Å². The molecule has 27 heteroatoms. The number of amides is 2. The number of nitrogen functional groups attached to an aromatic ring is 1. The van der Waals surface area contributed by atoms with Gasteiger partial charge in [0, 0.05) is 69.1 Å². The van der Waals surface area contributed by atoms with Gasteiger partial charge in [-0.2, -0.15) is 13.5 Å². The van der Waals surface area contributed by atoms with Crippen molar-refractivity contribution in [2.45, 2.75) is 44.0 Å². The van der Waals surface area contributed by atoms with E-state index in [2.05, 4.69) is 20.9 Å². The number of nitrogens with two attached hydrogens (primary N) is 2. The number of hydrogen-bond donors (Lipinski definition) is 9. The zero-order valence-corrected chi connectivity index (χ0v) is 41.8. The zero-order chi connectivity index (χ0) is 54.0. The van der Waals surface area contributed by atoms with Crippen molar-refractivity contribution in [1.82, 2.24) is 24.9 Å². The third-order valence-corrected chi connectivity index (χ3v) is 12.6. The zero-order valence-electron chi connectivity index (χ0n) is 40.1. The van der Waals surface area contributed by atoms with E-state index in [1.165, 1.54) is 18.2 Å². The fourth-order valence-corrected chi connectivity index (χ4v) is 8.66. The van der Waals surface area contributed by atoms with Crippen LogP contribution in [0.25, 0.3) is 21.9 Å². The minimum Gasteiger partial charge on any atom is -0.505 e. The van der Waals surface area contributed by atoms with Crippen molar-refractivity contribution in [3.05, 3.63) is 71.8 Å². The Morgan fingerprint density at radius 1 is 0.685 bits per heavy atom. The SMILES string of the molecule is Cc1cc(-c2ccc(NC(=O)[C@@H](CCCCN)NC(=O)CN3CCN(CC(=O)O)CCN(CC(=O)O)CCN(CC(=O)O)CC3)c(C)c2)ccc1N=Nc1ccc2c(S(=O)(=O)O)ccc(N)c2c1O.O=S(=O)=O. The number of phenolic OH excluding ortho intramolecular Hbond substituents is 1. The minimum absolute atomic E-state index is 0.00455. The first-order valence-corrected chi connectivity index (χ1v) is 25.2. The minimum atomic E-state index is -4.60. The summed E-state index contributed by atoms with van der Waals surface area (Å²) in [6, 6.07) is 15.2. The molecule has 1 aliphatic rings. The van der Waals surface area contributed by atoms with Crippen LogP contribution in [0.15, 0.2) is 75.8 Å². The second kappa shape index (κ2) is 27.7. The molecule has 25 nitrogen and oxygen atoms in total. The predicted molar refractivity (Wildman–Crippen MR) is 267 cm³/mol. The largest absolute Gasteiger partial charge is 0.505 e. The summed E-state index contributed by atoms with van der Waals surface area (Å²) in [5.74, 6) is -4.50. The summed E-state index contributed by atoms with van der Waals surface area (Å²) in [7, 11) is -7.71. The van der Waals surface area contributed by atoms with Crippen molar-refractivity contribution < 1.29 is 70.0 Å². The molecule has 1 heterocycles. The van der Waals surface area contributed by atoms with Crippen molar-refractivity contribution in [3.63, 3.8) is 0 Å². The number of unbranched alkanes of at least 4 members (excludes halogenated alkanes) is 1. The van der Waals surface area contributed by atoms with Gasteiger partial charge in [-0.3, -0.25) is 48.1 Å². The standard InChI is InChI=1S/C46H60N10O12S.O3S/c1-29-23-31(32-7-11-36(30(2)24-32)51-52-37-12-8-33-39(69(66,67)68)13-9-34(48)44(33)45(37)64)6-10-35(29)50-46(65)38(5-3-4-14-47)49-40(57)25-53-15-17-54(26-41(58)59)19-21-56(28-43(62)63)22-20-55(18-16-53)27-42(60)61;1-4(2)3/h6-13,23-24,38,64H,3-5,14-22,25-28,47-48H2,1-2H3,(H,49,57)(H,50,65)(H,58,59)(H,60,61)(H,62,63)(H,66,67,68);/t38-;/m1./s1. The molecule has 0 saturated carbocycles. The first-order valence-electron chi connectivity index (χ1n) is 22.7. The number of fused-ring (bicyclic) bond motifs is 1. The summed E-state index contributed by atoms with van der Waals surface area (Å²) in [5, 5.41) is 53.9. The molecule has 0 bridgehead atoms. The average Bonchev–Trinajstić information content (AvgIpc) is 3.29. The van der Waals surface area contributed by atoms with Crippen molar-refractivity contribution in [1.29, 1.82) is 0 Å². The van der Waals surface area contributed by atoms with Crippen LogP contribution in [0.5, 0.6) is 5.75 Å². The Morgan fingerprint density at radius 3 is 1.62 bits per heavy atom. The third-order valence-electron chi connectivity index (χ3n) is 11.7. The smallest absolute Gasteiger partial charge is 0.425 e. The van der Waals surface area contributed by atoms with E-state index >= 15 is 0 Å². The van der Waals surface area contributed by atoms with Gasteiger partial charge in [-0.05, 0) is 104 Å². The number of rotatable bonds is 19. The maximum atomic E-state index is 13.9. The quantitative estimate of drug-likeness (QED) is 0.0281. The maximum absolute atomic E-state index is 13.9. The number of carboxylic acids is 3. The number of aryl methyl sites for hydroxylation is 2. The number of nitrogens with zero attached hydrogens (tertiary/aromatic N) is 6. The van der Waals surface area contributed by atoms with Crippen LogP contribution in [0.3, 0.4) is 0 Å². The summed E-state index contributed by atoms with van der Waals surface area (Å²) in [4.78, 5) is 68.9. The number of anilines is 2. The summed E-state index contributed by atoms with van der Waals surface area (Å²) < 4.78 is 58.8. The monoisotopic (exact) mass is 1060 g/mol. The Labute approximate surface area is 422 Å². The second-order valence-corrected chi connectivity index (χ2v) is 18.9. The van der Waals surface area contributed by atoms with Gasteiger partial charge in [-0.25, -0.2) is 0 Å². The van der Waals surface area contributed by atoms with Gasteiger partial charge in [0.2, 0.25) is 11.8 Å². The van der Waals surface area contributed by atoms with Gasteiger partial charge in [-0.1, -0.05) is 18.2 Å². The molecule has 4 aromatic carbocycles. The van der Waals surface area contributed by atoms with Gasteiger partial charge < -0.3 is 42.5 Å². The summed E-state index contributed by atoms with van der Waals surface area (Å²) >= 11 is 0. The average molecular weight is 1060 g/mol. The molecule has 1 aliphatic heterocycles. The number of aromatic hydroxyl groups is 1. The van der Waals surface area contributed by atoms with Crippen LogP contribution < -0.4 is 22.1 Å². The highest BCUT2D eigenvalue weighted by molar-refractivity contribution is 7.86. The highest BCUT2D eigenvalue weighted by atomic mass is 32.2. The van der Waals surface area contributed by atoms with Crippen LogP contribution >= 0.6 is 0 Å². The topological polar surface area (TPSA) is 386 Å². The van der Waals surface area contributed by atoms with Crippen LogP contribution in [0.1, 0.15) is 30.4 Å². The molecule has 0 aliphatic carbocycles. The van der Waals surface area contributed by atoms with E-state index in [0.717, 1.165) is 28.3 Å². The number of nitrogens with one attached hydrogen (secondary N) is 2. The molecule has 73 heavy (non-hydrogen) atoms. The molecule has 0 radical (unpaired) electrons. The Bertz CT molecular complexity index is 2870. The maximum Gasteiger partial charge on any atom is 0.425 e. The van der Waals surface area contributed by atoms with Gasteiger partial charge >= 0.3 is 28.5 Å². The Hall–Kier alpha value is -6.98. The molecule has 0 aromatic heterocycles. The Balaban J connectivity index is 0.00000278. The fourth-order valence-electron chi connectivity index (χ4n) is 7.97. The van der Waals surface area contributed by atoms with Gasteiger partial charge in [0.1, 0.15) is 16.6 Å². The Morgan fingerprint density at radius 2 is 1.15 bits per heavy atom. The lowest BCUT2D eigenvalue weighted by Crippen LogP contribution is -2.51. The van der Waals surface area contributed by atoms with Crippen molar-refractivity contribution in [2.24, 2.45) is 16.0 Å². The van der Waals surface area contributed by atoms with Crippen LogP contribution in [0, 0.1) is 13.8 Å². The summed E-state index contributed by atoms with van der Waals surface area (Å²) in [6.07, 6.45) is 1.46. The normalized spacial score (nSPS) is 15.1. The molecule has 11 N–H and O–H groups in total. The lowest BCUT2D eigenvalue weighted by molar-refractivity contribution is -0.140. The number of hydrogen-bond acceptors (Lipinski definition) is 19. The molecule has 1 atom stereocenters. The molecule has 1 saturated heterocycles. The Kier molecular flexibility index (Phi) is 22.3. The molecule has 4 aromatic rings. The lowest BCUT2D eigenvalue weighted by Gasteiger charge is -2.33. The van der Waals surface area contributed by atoms with Crippen LogP contribution in [-0.2, 0) is 44.7 Å². The van der Waals surface area contributed by atoms with Gasteiger partial charge in [0.15, 0.2) is 5.75 Å². The molecular weight excluding hydrogens is 997 g/mol. The predicted octanol–water partition coefficient (Wildman–Crippen LogP) is 2.10. The van der Waals surface area contributed by atoms with E-state index in [4.69, 9.17) is 24.1 Å². The molecular formula is C46H60N10O15S2. The molecule has 1 fully saturated rings. The van der Waals surface area contributed by atoms with E-state index in [0.29, 0.717) is 37.2 Å². The van der Waals surface area contributed by atoms with Gasteiger partial charge in [-0.15, -0.1) is 17.7 Å². The van der Waals surface area contributed by atoms with Crippen molar-refractivity contribution >= 4 is 84.0 Å². The highest BCUT2D eigenvalue weighted by Gasteiger charge is 2.25. The van der Waals surface area contributed by atoms with Gasteiger partial charge in [0.25, 0.3) is 10.1 Å². The van der Waals surface area contributed by atoms with Crippen LogP contribution in [-0.4, -0.2) is 186 Å². The summed E-state index contributed by atoms with van der Waals surface area (Å²) in [5.41, 5.74) is 16.0. The summed E-state index contributed by atoms with van der Waals surface area (Å²) in [6.45, 7) is 4.84. The number of benzene rings is 4. The molecule has 5 rings (SSSR count). The molecule has 0 spiro atoms. The second-order valence-electron chi connectivity index (χ2n) is 17.1. The number of carbonyl (C=O) groups is 5. The van der Waals surface area contributed by atoms with E-state index in [-0.39, 0.29) is 101 Å². The van der Waals surface area contributed by atoms with Crippen LogP contribution in [0.2, 0.25) is 0 Å². The molecule has 2 amide bonds. The highest BCUT2D eigenvalue weighted by Crippen LogP contribution is 2.41. The molecule has 396 valence electrons. The number of azo groups is 1. The van der Waals surface area contributed by atoms with Crippen LogP contribution in [0.4, 0.5) is 22.7 Å². The van der Waals surface area contributed by atoms with E-state index < -0.39 is 67.1 Å². The molecule has 0 unspecified atom stereocenters. The van der Waals surface area contributed by atoms with E-state index in [1.54, 1.807) is 31.7 Å². The van der Waals surface area contributed by atoms with Crippen molar-refractivity contribution in [2.75, 3.05) is 96.1 Å². The first-order chi connectivity index (χ1) is 34.4. The third kappa shape index (κ3) is 18.9. The van der Waals surface area contributed by atoms with Gasteiger partial charge in [0.05, 0.1) is 37.3 Å².